The Bertz CT molecular complexity index is 1880. The summed E-state index contributed by atoms with van der Waals surface area (Å²) in [5.41, 5.74) is 4.56. The quantitative estimate of drug-likeness (QED) is 0.328. The number of H-pyrrole nitrogens is 1. The van der Waals surface area contributed by atoms with Gasteiger partial charge in [0.2, 0.25) is 0 Å². The Morgan fingerprint density at radius 1 is 1.09 bits per heavy atom. The van der Waals surface area contributed by atoms with Gasteiger partial charge < -0.3 is 13.7 Å². The van der Waals surface area contributed by atoms with Crippen molar-refractivity contribution >= 4 is 43.3 Å². The van der Waals surface area contributed by atoms with Gasteiger partial charge in [0.25, 0.3) is 0 Å². The number of pyridine rings is 1. The third kappa shape index (κ3) is 3.82. The van der Waals surface area contributed by atoms with Crippen LogP contribution in [0.25, 0.3) is 44.0 Å². The highest BCUT2D eigenvalue weighted by Crippen LogP contribution is 2.34. The number of benzene rings is 3. The number of rotatable bonds is 4. The molecule has 0 aliphatic rings. The SMILES string of the molecule is Cc1cc2c(=O)c3c4ccc(C#N)cc4[nH]c3n(C(C)C)c2cc1-c1cccc(OS(=O)(=O)F)c1. The zero-order valence-electron chi connectivity index (χ0n) is 19.1. The molecule has 7 nitrogen and oxygen atoms in total. The summed E-state index contributed by atoms with van der Waals surface area (Å²) in [7, 11) is -5.16. The number of aromatic nitrogens is 2. The van der Waals surface area contributed by atoms with Crippen molar-refractivity contribution in [1.29, 1.82) is 5.26 Å². The van der Waals surface area contributed by atoms with E-state index in [1.54, 1.807) is 30.3 Å². The van der Waals surface area contributed by atoms with Crippen molar-refractivity contribution in [2.24, 2.45) is 0 Å². The molecule has 35 heavy (non-hydrogen) atoms. The zero-order chi connectivity index (χ0) is 25.1. The van der Waals surface area contributed by atoms with E-state index in [2.05, 4.69) is 15.2 Å². The van der Waals surface area contributed by atoms with E-state index >= 15 is 0 Å². The molecular formula is C26H20FN3O4S. The number of aromatic amines is 1. The molecule has 0 saturated heterocycles. The molecule has 0 unspecified atom stereocenters. The molecule has 0 radical (unpaired) electrons. The monoisotopic (exact) mass is 489 g/mol. The molecule has 2 heterocycles. The van der Waals surface area contributed by atoms with Crippen molar-refractivity contribution in [3.8, 4) is 22.9 Å². The van der Waals surface area contributed by atoms with E-state index < -0.39 is 10.5 Å². The minimum Gasteiger partial charge on any atom is -0.358 e. The van der Waals surface area contributed by atoms with Gasteiger partial charge in [-0.3, -0.25) is 4.79 Å². The van der Waals surface area contributed by atoms with Crippen LogP contribution in [-0.4, -0.2) is 18.0 Å². The maximum atomic E-state index is 13.7. The van der Waals surface area contributed by atoms with Crippen LogP contribution < -0.4 is 9.61 Å². The van der Waals surface area contributed by atoms with Gasteiger partial charge in [-0.2, -0.15) is 13.7 Å². The first kappa shape index (κ1) is 22.6. The smallest absolute Gasteiger partial charge is 0.358 e. The second-order valence-electron chi connectivity index (χ2n) is 8.70. The normalized spacial score (nSPS) is 12.0. The number of nitrogens with one attached hydrogen (secondary N) is 1. The number of nitrogens with zero attached hydrogens (tertiary/aromatic N) is 2. The van der Waals surface area contributed by atoms with Gasteiger partial charge in [0, 0.05) is 22.3 Å². The second kappa shape index (κ2) is 7.96. The molecule has 0 atom stereocenters. The molecule has 2 aromatic heterocycles. The fraction of sp³-hybridized carbons (Fsp3) is 0.154. The molecule has 5 rings (SSSR count). The van der Waals surface area contributed by atoms with Crippen LogP contribution in [0.4, 0.5) is 3.89 Å². The van der Waals surface area contributed by atoms with Crippen molar-refractivity contribution in [3.63, 3.8) is 0 Å². The molecule has 9 heteroatoms. The Morgan fingerprint density at radius 3 is 2.54 bits per heavy atom. The van der Waals surface area contributed by atoms with Crippen LogP contribution in [0.2, 0.25) is 0 Å². The molecular weight excluding hydrogens is 469 g/mol. The van der Waals surface area contributed by atoms with Crippen molar-refractivity contribution in [2.75, 3.05) is 0 Å². The van der Waals surface area contributed by atoms with E-state index in [1.165, 1.54) is 12.1 Å². The Kier molecular flexibility index (Phi) is 5.15. The number of hydrogen-bond donors (Lipinski definition) is 1. The van der Waals surface area contributed by atoms with Gasteiger partial charge in [0.15, 0.2) is 5.43 Å². The topological polar surface area (TPSA) is 105 Å². The van der Waals surface area contributed by atoms with Crippen molar-refractivity contribution < 1.29 is 16.5 Å². The average Bonchev–Trinajstić information content (AvgIpc) is 3.16. The molecule has 1 N–H and O–H groups in total. The summed E-state index contributed by atoms with van der Waals surface area (Å²) >= 11 is 0. The highest BCUT2D eigenvalue weighted by Gasteiger charge is 2.20. The number of aryl methyl sites for hydroxylation is 1. The Labute approximate surface area is 200 Å². The largest absolute Gasteiger partial charge is 0.488 e. The lowest BCUT2D eigenvalue weighted by Gasteiger charge is -2.19. The number of nitriles is 1. The average molecular weight is 490 g/mol. The van der Waals surface area contributed by atoms with Crippen LogP contribution in [0.3, 0.4) is 0 Å². The van der Waals surface area contributed by atoms with Gasteiger partial charge in [0.05, 0.1) is 22.5 Å². The summed E-state index contributed by atoms with van der Waals surface area (Å²) in [6.45, 7) is 5.87. The highest BCUT2D eigenvalue weighted by molar-refractivity contribution is 7.81. The number of halogens is 1. The van der Waals surface area contributed by atoms with Gasteiger partial charge in [-0.25, -0.2) is 0 Å². The van der Waals surface area contributed by atoms with Crippen molar-refractivity contribution in [1.82, 2.24) is 9.55 Å². The van der Waals surface area contributed by atoms with E-state index in [9.17, 15) is 22.4 Å². The van der Waals surface area contributed by atoms with Crippen LogP contribution in [0.15, 0.2) is 59.4 Å². The lowest BCUT2D eigenvalue weighted by atomic mass is 9.97. The van der Waals surface area contributed by atoms with Crippen molar-refractivity contribution in [2.45, 2.75) is 26.8 Å². The molecule has 5 aromatic rings. The molecule has 0 fully saturated rings. The molecule has 0 saturated carbocycles. The van der Waals surface area contributed by atoms with E-state index in [4.69, 9.17) is 0 Å². The first-order valence-electron chi connectivity index (χ1n) is 10.9. The van der Waals surface area contributed by atoms with Crippen LogP contribution >= 0.6 is 0 Å². The van der Waals surface area contributed by atoms with Crippen molar-refractivity contribution in [3.05, 3.63) is 75.9 Å². The van der Waals surface area contributed by atoms with Crippen LogP contribution in [0, 0.1) is 18.3 Å². The first-order chi connectivity index (χ1) is 16.6. The van der Waals surface area contributed by atoms with Gasteiger partial charge in [-0.15, -0.1) is 0 Å². The zero-order valence-corrected chi connectivity index (χ0v) is 19.9. The Morgan fingerprint density at radius 2 is 1.86 bits per heavy atom. The van der Waals surface area contributed by atoms with Crippen LogP contribution in [0.1, 0.15) is 31.0 Å². The molecule has 176 valence electrons. The minimum atomic E-state index is -5.16. The van der Waals surface area contributed by atoms with E-state index in [0.717, 1.165) is 16.5 Å². The van der Waals surface area contributed by atoms with E-state index in [0.29, 0.717) is 38.6 Å². The van der Waals surface area contributed by atoms with Gasteiger partial charge in [-0.05, 0) is 73.9 Å². The standard InChI is InChI=1S/C26H20FN3O4S/c1-14(2)30-23-12-20(17-5-4-6-18(11-17)34-35(27,32)33)15(3)9-21(23)25(31)24-19-8-7-16(13-28)10-22(19)29-26(24)30/h4-12,14,29H,1-3H3. The maximum Gasteiger partial charge on any atom is 0.488 e. The molecule has 0 aliphatic heterocycles. The fourth-order valence-corrected chi connectivity index (χ4v) is 5.01. The fourth-order valence-electron chi connectivity index (χ4n) is 4.67. The lowest BCUT2D eigenvalue weighted by molar-refractivity contribution is 0.440. The first-order valence-corrected chi connectivity index (χ1v) is 12.2. The Balaban J connectivity index is 1.85. The van der Waals surface area contributed by atoms with E-state index in [-0.39, 0.29) is 17.2 Å². The molecule has 0 spiro atoms. The molecule has 0 bridgehead atoms. The van der Waals surface area contributed by atoms with Crippen LogP contribution in [0.5, 0.6) is 5.75 Å². The third-order valence-electron chi connectivity index (χ3n) is 6.08. The van der Waals surface area contributed by atoms with Gasteiger partial charge in [-0.1, -0.05) is 22.1 Å². The predicted molar refractivity (Wildman–Crippen MR) is 133 cm³/mol. The summed E-state index contributed by atoms with van der Waals surface area (Å²) in [5, 5.41) is 11.1. The molecule has 3 aromatic carbocycles. The van der Waals surface area contributed by atoms with Crippen LogP contribution in [-0.2, 0) is 10.5 Å². The number of fused-ring (bicyclic) bond motifs is 4. The third-order valence-corrected chi connectivity index (χ3v) is 6.47. The maximum absolute atomic E-state index is 13.7. The lowest BCUT2D eigenvalue weighted by Crippen LogP contribution is -2.13. The predicted octanol–water partition coefficient (Wildman–Crippen LogP) is 5.66. The Hall–Kier alpha value is -4.16. The molecule has 0 aliphatic carbocycles. The minimum absolute atomic E-state index is 0.0222. The van der Waals surface area contributed by atoms with E-state index in [1.807, 2.05) is 37.5 Å². The summed E-state index contributed by atoms with van der Waals surface area (Å²) in [6, 6.07) is 17.1. The molecule has 0 amide bonds. The highest BCUT2D eigenvalue weighted by atomic mass is 32.3. The summed E-state index contributed by atoms with van der Waals surface area (Å²) in [4.78, 5) is 17.0. The summed E-state index contributed by atoms with van der Waals surface area (Å²) in [6.07, 6.45) is 0. The summed E-state index contributed by atoms with van der Waals surface area (Å²) < 4.78 is 41.4. The second-order valence-corrected chi connectivity index (χ2v) is 9.66. The summed E-state index contributed by atoms with van der Waals surface area (Å²) in [5.74, 6) is -0.148. The van der Waals surface area contributed by atoms with Gasteiger partial charge in [0.1, 0.15) is 11.4 Å². The van der Waals surface area contributed by atoms with Gasteiger partial charge >= 0.3 is 10.5 Å². The number of hydrogen-bond acceptors (Lipinski definition) is 5.